The van der Waals surface area contributed by atoms with Crippen molar-refractivity contribution in [3.63, 3.8) is 0 Å². The Morgan fingerprint density at radius 2 is 2.25 bits per heavy atom. The Kier molecular flexibility index (Phi) is 2.49. The summed E-state index contributed by atoms with van der Waals surface area (Å²) in [6.45, 7) is 5.25. The van der Waals surface area contributed by atoms with Crippen LogP contribution in [0.1, 0.15) is 36.8 Å². The van der Waals surface area contributed by atoms with E-state index >= 15 is 0 Å². The molecule has 0 amide bonds. The van der Waals surface area contributed by atoms with E-state index in [1.807, 2.05) is 0 Å². The molecule has 1 atom stereocenters. The molecule has 2 heterocycles. The van der Waals surface area contributed by atoms with Gasteiger partial charge in [0.1, 0.15) is 0 Å². The molecule has 2 aliphatic rings. The molecule has 0 spiro atoms. The maximum atomic E-state index is 5.26. The molecule has 0 aliphatic carbocycles. The second-order valence-electron chi connectivity index (χ2n) is 5.22. The van der Waals surface area contributed by atoms with Gasteiger partial charge in [0.25, 0.3) is 0 Å². The topological polar surface area (TPSA) is 21.3 Å². The maximum Gasteiger partial charge on any atom is 0.0557 e. The van der Waals surface area contributed by atoms with Crippen molar-refractivity contribution >= 4 is 0 Å². The van der Waals surface area contributed by atoms with Gasteiger partial charge in [-0.3, -0.25) is 0 Å². The van der Waals surface area contributed by atoms with E-state index in [1.54, 1.807) is 0 Å². The van der Waals surface area contributed by atoms with Crippen molar-refractivity contribution < 1.29 is 4.74 Å². The zero-order valence-corrected chi connectivity index (χ0v) is 9.83. The van der Waals surface area contributed by atoms with Gasteiger partial charge in [0.2, 0.25) is 0 Å². The minimum Gasteiger partial charge on any atom is -0.380 e. The first kappa shape index (κ1) is 10.3. The van der Waals surface area contributed by atoms with Gasteiger partial charge in [0.15, 0.2) is 0 Å². The van der Waals surface area contributed by atoms with E-state index in [9.17, 15) is 0 Å². The Morgan fingerprint density at radius 3 is 2.88 bits per heavy atom. The number of rotatable bonds is 2. The van der Waals surface area contributed by atoms with Crippen LogP contribution in [0.15, 0.2) is 24.3 Å². The molecule has 0 saturated carbocycles. The highest BCUT2D eigenvalue weighted by molar-refractivity contribution is 5.32. The largest absolute Gasteiger partial charge is 0.380 e. The molecule has 0 bridgehead atoms. The van der Waals surface area contributed by atoms with Gasteiger partial charge >= 0.3 is 0 Å². The summed E-state index contributed by atoms with van der Waals surface area (Å²) in [5.41, 5.74) is 3.08. The van der Waals surface area contributed by atoms with Gasteiger partial charge < -0.3 is 10.1 Å². The smallest absolute Gasteiger partial charge is 0.0557 e. The van der Waals surface area contributed by atoms with Crippen LogP contribution in [0.4, 0.5) is 0 Å². The van der Waals surface area contributed by atoms with Crippen molar-refractivity contribution in [1.29, 1.82) is 0 Å². The van der Waals surface area contributed by atoms with Gasteiger partial charge in [-0.2, -0.15) is 0 Å². The van der Waals surface area contributed by atoms with Crippen molar-refractivity contribution in [1.82, 2.24) is 5.32 Å². The van der Waals surface area contributed by atoms with Crippen molar-refractivity contribution in [2.45, 2.75) is 31.2 Å². The summed E-state index contributed by atoms with van der Waals surface area (Å²) in [6, 6.07) is 9.04. The summed E-state index contributed by atoms with van der Waals surface area (Å²) >= 11 is 0. The summed E-state index contributed by atoms with van der Waals surface area (Å²) in [6.07, 6.45) is 2.53. The first-order valence-corrected chi connectivity index (χ1v) is 6.21. The summed E-state index contributed by atoms with van der Waals surface area (Å²) < 4.78 is 5.26. The molecule has 2 nitrogen and oxygen atoms in total. The minimum absolute atomic E-state index is 0.195. The molecule has 16 heavy (non-hydrogen) atoms. The molecule has 2 heteroatoms. The normalized spacial score (nSPS) is 30.3. The van der Waals surface area contributed by atoms with E-state index in [-0.39, 0.29) is 5.54 Å². The van der Waals surface area contributed by atoms with Crippen LogP contribution in [0.5, 0.6) is 0 Å². The summed E-state index contributed by atoms with van der Waals surface area (Å²) in [5, 5.41) is 3.62. The van der Waals surface area contributed by atoms with Gasteiger partial charge in [-0.15, -0.1) is 0 Å². The molecular formula is C14H19NO. The lowest BCUT2D eigenvalue weighted by Crippen LogP contribution is -2.33. The van der Waals surface area contributed by atoms with E-state index in [4.69, 9.17) is 4.74 Å². The number of hydrogen-bond acceptors (Lipinski definition) is 2. The van der Waals surface area contributed by atoms with Crippen molar-refractivity contribution in [3.05, 3.63) is 35.4 Å². The third-order valence-corrected chi connectivity index (χ3v) is 4.00. The molecule has 0 aromatic heterocycles. The fraction of sp³-hybridized carbons (Fsp3) is 0.571. The Morgan fingerprint density at radius 1 is 1.38 bits per heavy atom. The van der Waals surface area contributed by atoms with Crippen LogP contribution in [0.25, 0.3) is 0 Å². The monoisotopic (exact) mass is 217 g/mol. The lowest BCUT2D eigenvalue weighted by atomic mass is 9.87. The molecule has 1 unspecified atom stereocenters. The third-order valence-electron chi connectivity index (χ3n) is 4.00. The van der Waals surface area contributed by atoms with E-state index in [2.05, 4.69) is 36.5 Å². The van der Waals surface area contributed by atoms with Gasteiger partial charge in [-0.1, -0.05) is 24.3 Å². The van der Waals surface area contributed by atoms with Crippen LogP contribution in [-0.2, 0) is 10.3 Å². The van der Waals surface area contributed by atoms with Crippen LogP contribution >= 0.6 is 0 Å². The number of benzene rings is 1. The van der Waals surface area contributed by atoms with Crippen LogP contribution in [-0.4, -0.2) is 19.8 Å². The molecule has 2 aliphatic heterocycles. The fourth-order valence-electron chi connectivity index (χ4n) is 2.70. The zero-order chi connectivity index (χ0) is 11.0. The highest BCUT2D eigenvalue weighted by Crippen LogP contribution is 2.33. The first-order chi connectivity index (χ1) is 7.78. The van der Waals surface area contributed by atoms with E-state index in [1.165, 1.54) is 24.0 Å². The second kappa shape index (κ2) is 3.86. The lowest BCUT2D eigenvalue weighted by molar-refractivity contribution is 0.00836. The lowest BCUT2D eigenvalue weighted by Gasteiger charge is -2.29. The Labute approximate surface area is 97.0 Å². The van der Waals surface area contributed by atoms with Crippen LogP contribution < -0.4 is 5.32 Å². The Bertz CT molecular complexity index is 378. The van der Waals surface area contributed by atoms with Gasteiger partial charge in [0, 0.05) is 11.5 Å². The first-order valence-electron chi connectivity index (χ1n) is 6.21. The van der Waals surface area contributed by atoms with E-state index < -0.39 is 0 Å². The molecular weight excluding hydrogens is 198 g/mol. The van der Waals surface area contributed by atoms with E-state index in [0.29, 0.717) is 5.92 Å². The summed E-state index contributed by atoms with van der Waals surface area (Å²) in [7, 11) is 0. The molecule has 1 aromatic carbocycles. The van der Waals surface area contributed by atoms with Gasteiger partial charge in [0.05, 0.1) is 13.2 Å². The predicted molar refractivity (Wildman–Crippen MR) is 64.6 cm³/mol. The van der Waals surface area contributed by atoms with Crippen molar-refractivity contribution in [2.24, 2.45) is 0 Å². The predicted octanol–water partition coefficient (Wildman–Crippen LogP) is 2.40. The summed E-state index contributed by atoms with van der Waals surface area (Å²) in [4.78, 5) is 0. The summed E-state index contributed by atoms with van der Waals surface area (Å²) in [5.74, 6) is 0.630. The minimum atomic E-state index is 0.195. The Hall–Kier alpha value is -0.860. The third kappa shape index (κ3) is 1.66. The Balaban J connectivity index is 1.89. The number of hydrogen-bond donors (Lipinski definition) is 1. The van der Waals surface area contributed by atoms with Gasteiger partial charge in [-0.05, 0) is 37.4 Å². The highest BCUT2D eigenvalue weighted by Gasteiger charge is 2.30. The molecule has 0 radical (unpaired) electrons. The molecule has 1 aromatic rings. The maximum absolute atomic E-state index is 5.26. The van der Waals surface area contributed by atoms with Crippen molar-refractivity contribution in [3.8, 4) is 0 Å². The van der Waals surface area contributed by atoms with Crippen LogP contribution in [0, 0.1) is 0 Å². The van der Waals surface area contributed by atoms with Crippen molar-refractivity contribution in [2.75, 3.05) is 19.8 Å². The molecule has 2 fully saturated rings. The van der Waals surface area contributed by atoms with Crippen LogP contribution in [0.3, 0.4) is 0 Å². The average molecular weight is 217 g/mol. The molecule has 3 rings (SSSR count). The standard InChI is InChI=1S/C14H19NO/c1-14(6-3-7-15-14)13-5-2-4-11(8-13)12-9-16-10-12/h2,4-5,8,12,15H,3,6-7,9-10H2,1H3. The average Bonchev–Trinajstić information content (AvgIpc) is 2.65. The quantitative estimate of drug-likeness (QED) is 0.821. The molecule has 2 saturated heterocycles. The fourth-order valence-corrected chi connectivity index (χ4v) is 2.70. The number of nitrogens with one attached hydrogen (secondary N) is 1. The van der Waals surface area contributed by atoms with Crippen LogP contribution in [0.2, 0.25) is 0 Å². The molecule has 1 N–H and O–H groups in total. The second-order valence-corrected chi connectivity index (χ2v) is 5.22. The SMILES string of the molecule is CC1(c2cccc(C3COC3)c2)CCCN1. The zero-order valence-electron chi connectivity index (χ0n) is 9.83. The molecule has 86 valence electrons. The number of ether oxygens (including phenoxy) is 1. The van der Waals surface area contributed by atoms with E-state index in [0.717, 1.165) is 19.8 Å². The van der Waals surface area contributed by atoms with Gasteiger partial charge in [-0.25, -0.2) is 0 Å². The highest BCUT2D eigenvalue weighted by atomic mass is 16.5.